The Morgan fingerprint density at radius 3 is 1.34 bits per heavy atom. The van der Waals surface area contributed by atoms with Gasteiger partial charge in [-0.2, -0.15) is 0 Å². The van der Waals surface area contributed by atoms with Crippen molar-refractivity contribution in [3.05, 3.63) is 71.8 Å². The molecule has 2 aromatic carbocycles. The fourth-order valence-electron chi connectivity index (χ4n) is 2.95. The topological polar surface area (TPSA) is 138 Å². The van der Waals surface area contributed by atoms with E-state index in [1.807, 2.05) is 0 Å². The van der Waals surface area contributed by atoms with Crippen LogP contribution in [0.4, 0.5) is 0 Å². The summed E-state index contributed by atoms with van der Waals surface area (Å²) in [6.07, 6.45) is 0. The van der Waals surface area contributed by atoms with Gasteiger partial charge in [0.1, 0.15) is 0 Å². The van der Waals surface area contributed by atoms with Crippen LogP contribution in [-0.2, 0) is 0 Å². The predicted octanol–water partition coefficient (Wildman–Crippen LogP) is -5.64. The summed E-state index contributed by atoms with van der Waals surface area (Å²) in [4.78, 5) is 31.9. The number of benzene rings is 2. The van der Waals surface area contributed by atoms with Gasteiger partial charge in [0, 0.05) is 21.9 Å². The molecule has 0 saturated heterocycles. The number of aromatic carboxylic acids is 2. The number of carbonyl (C=O) groups excluding carboxylic acids is 2. The van der Waals surface area contributed by atoms with E-state index in [-0.39, 0.29) is 131 Å². The van der Waals surface area contributed by atoms with Crippen LogP contribution in [-0.4, -0.2) is 27.4 Å². The molecule has 0 fully saturated rings. The van der Waals surface area contributed by atoms with Crippen molar-refractivity contribution in [3.8, 4) is 11.4 Å². The second-order valence-corrected chi connectivity index (χ2v) is 5.72. The Morgan fingerprint density at radius 1 is 0.655 bits per heavy atom. The molecule has 29 heavy (non-hydrogen) atoms. The zero-order chi connectivity index (χ0) is 18.3. The number of carboxylic acids is 2. The van der Waals surface area contributed by atoms with Gasteiger partial charge in [-0.05, 0) is 24.3 Å². The third-order valence-electron chi connectivity index (χ3n) is 4.13. The first-order chi connectivity index (χ1) is 12.5. The molecular weight excluding hydrogens is 426 g/mol. The van der Waals surface area contributed by atoms with Crippen LogP contribution in [0.3, 0.4) is 0 Å². The Hall–Kier alpha value is -0.567. The first kappa shape index (κ1) is 26.5. The van der Waals surface area contributed by atoms with Crippen molar-refractivity contribution in [2.24, 2.45) is 0 Å². The summed E-state index contributed by atoms with van der Waals surface area (Å²) in [6, 6.07) is 16.2. The van der Waals surface area contributed by atoms with Crippen molar-refractivity contribution in [2.45, 2.75) is 0 Å². The van der Waals surface area contributed by atoms with Crippen LogP contribution in [0, 0.1) is 0 Å². The first-order valence-corrected chi connectivity index (χ1v) is 7.77. The number of carbonyl (C=O) groups is 2. The van der Waals surface area contributed by atoms with Crippen LogP contribution < -0.4 is 113 Å². The minimum Gasteiger partial charge on any atom is -0.545 e. The minimum absolute atomic E-state index is 0. The SMILES string of the molecule is O.O=C([O-])c1cc(-c2cc(C(=O)[O-])c3ccccc3n2)nc2ccccc12.[K+].[K+]. The summed E-state index contributed by atoms with van der Waals surface area (Å²) in [5.74, 6) is -2.68. The molecule has 0 bridgehead atoms. The van der Waals surface area contributed by atoms with E-state index in [2.05, 4.69) is 9.97 Å². The number of rotatable bonds is 3. The second-order valence-electron chi connectivity index (χ2n) is 5.72. The minimum atomic E-state index is -1.34. The van der Waals surface area contributed by atoms with E-state index in [9.17, 15) is 19.8 Å². The van der Waals surface area contributed by atoms with E-state index in [0.717, 1.165) is 0 Å². The summed E-state index contributed by atoms with van der Waals surface area (Å²) in [7, 11) is 0. The molecular formula is C20H12K2N2O5. The van der Waals surface area contributed by atoms with Gasteiger partial charge in [0.15, 0.2) is 0 Å². The van der Waals surface area contributed by atoms with Crippen molar-refractivity contribution < 1.29 is 128 Å². The van der Waals surface area contributed by atoms with E-state index < -0.39 is 11.9 Å². The number of para-hydroxylation sites is 2. The smallest absolute Gasteiger partial charge is 0.545 e. The third-order valence-corrected chi connectivity index (χ3v) is 4.13. The maximum Gasteiger partial charge on any atom is 1.00 e. The number of hydrogen-bond acceptors (Lipinski definition) is 6. The number of nitrogens with zero attached hydrogens (tertiary/aromatic N) is 2. The van der Waals surface area contributed by atoms with Crippen molar-refractivity contribution in [2.75, 3.05) is 0 Å². The quantitative estimate of drug-likeness (QED) is 0.292. The van der Waals surface area contributed by atoms with Crippen LogP contribution in [0.25, 0.3) is 33.2 Å². The number of fused-ring (bicyclic) bond motifs is 2. The van der Waals surface area contributed by atoms with Crippen LogP contribution >= 0.6 is 0 Å². The molecule has 0 radical (unpaired) electrons. The summed E-state index contributed by atoms with van der Waals surface area (Å²) >= 11 is 0. The number of aromatic nitrogens is 2. The number of carboxylic acid groups (broad SMARTS) is 2. The Balaban J connectivity index is 0.00000140. The Morgan fingerprint density at radius 2 is 1.00 bits per heavy atom. The van der Waals surface area contributed by atoms with E-state index in [1.54, 1.807) is 48.5 Å². The Kier molecular flexibility index (Phi) is 10.2. The Labute approximate surface area is 250 Å². The average molecular weight is 439 g/mol. The fourth-order valence-corrected chi connectivity index (χ4v) is 2.95. The standard InChI is InChI=1S/C20H12N2O4.2K.H2O/c23-19(24)13-9-17(21-15-7-3-1-5-11(13)15)18-10-14(20(25)26)12-6-2-4-8-16(12)22-18;;;/h1-10H,(H,23,24)(H,25,26);;;1H2/q;2*+1;/p-2. The third kappa shape index (κ3) is 5.38. The van der Waals surface area contributed by atoms with E-state index in [4.69, 9.17) is 0 Å². The average Bonchev–Trinajstić information content (AvgIpc) is 2.66. The van der Waals surface area contributed by atoms with Gasteiger partial charge in [-0.1, -0.05) is 36.4 Å². The first-order valence-electron chi connectivity index (χ1n) is 7.77. The van der Waals surface area contributed by atoms with Gasteiger partial charge in [-0.25, -0.2) is 9.97 Å². The Bertz CT molecular complexity index is 1120. The number of hydrogen-bond donors (Lipinski definition) is 0. The van der Waals surface area contributed by atoms with Gasteiger partial charge in [0.05, 0.1) is 34.4 Å². The number of pyridine rings is 2. The summed E-state index contributed by atoms with van der Waals surface area (Å²) in [5, 5.41) is 23.9. The maximum absolute atomic E-state index is 11.5. The molecule has 7 nitrogen and oxygen atoms in total. The molecule has 0 saturated carbocycles. The molecule has 134 valence electrons. The molecule has 0 atom stereocenters. The molecule has 2 N–H and O–H groups in total. The van der Waals surface area contributed by atoms with Gasteiger partial charge in [0.25, 0.3) is 0 Å². The fraction of sp³-hybridized carbons (Fsp3) is 0. The molecule has 0 aliphatic heterocycles. The van der Waals surface area contributed by atoms with Gasteiger partial charge in [-0.15, -0.1) is 0 Å². The predicted molar refractivity (Wildman–Crippen MR) is 94.8 cm³/mol. The molecule has 4 rings (SSSR count). The van der Waals surface area contributed by atoms with Gasteiger partial charge < -0.3 is 25.3 Å². The van der Waals surface area contributed by atoms with Crippen molar-refractivity contribution in [1.29, 1.82) is 0 Å². The van der Waals surface area contributed by atoms with Gasteiger partial charge in [-0.3, -0.25) is 0 Å². The summed E-state index contributed by atoms with van der Waals surface area (Å²) < 4.78 is 0. The zero-order valence-electron chi connectivity index (χ0n) is 15.8. The summed E-state index contributed by atoms with van der Waals surface area (Å²) in [6.45, 7) is 0. The van der Waals surface area contributed by atoms with Gasteiger partial charge >= 0.3 is 103 Å². The summed E-state index contributed by atoms with van der Waals surface area (Å²) in [5.41, 5.74) is 1.33. The molecule has 4 aromatic rings. The van der Waals surface area contributed by atoms with Crippen molar-refractivity contribution in [3.63, 3.8) is 0 Å². The molecule has 0 spiro atoms. The molecule has 0 aliphatic rings. The van der Waals surface area contributed by atoms with E-state index >= 15 is 0 Å². The monoisotopic (exact) mass is 438 g/mol. The van der Waals surface area contributed by atoms with Crippen LogP contribution in [0.15, 0.2) is 60.7 Å². The zero-order valence-corrected chi connectivity index (χ0v) is 22.0. The molecule has 2 heterocycles. The molecule has 0 aliphatic carbocycles. The molecule has 2 aromatic heterocycles. The molecule has 9 heteroatoms. The van der Waals surface area contributed by atoms with Crippen LogP contribution in [0.5, 0.6) is 0 Å². The van der Waals surface area contributed by atoms with E-state index in [1.165, 1.54) is 12.1 Å². The maximum atomic E-state index is 11.5. The van der Waals surface area contributed by atoms with Gasteiger partial charge in [0.2, 0.25) is 0 Å². The van der Waals surface area contributed by atoms with Crippen molar-refractivity contribution >= 4 is 33.7 Å². The van der Waals surface area contributed by atoms with Crippen LogP contribution in [0.2, 0.25) is 0 Å². The largest absolute Gasteiger partial charge is 1.00 e. The van der Waals surface area contributed by atoms with Crippen molar-refractivity contribution in [1.82, 2.24) is 9.97 Å². The second kappa shape index (κ2) is 11.2. The van der Waals surface area contributed by atoms with E-state index in [0.29, 0.717) is 21.8 Å². The molecule has 0 unspecified atom stereocenters. The van der Waals surface area contributed by atoms with Crippen LogP contribution in [0.1, 0.15) is 20.7 Å². The molecule has 0 amide bonds. The normalized spacial score (nSPS) is 9.79.